The fourth-order valence-corrected chi connectivity index (χ4v) is 3.37. The highest BCUT2D eigenvalue weighted by Gasteiger charge is 2.46. The Morgan fingerprint density at radius 1 is 1.18 bits per heavy atom. The molecule has 1 saturated carbocycles. The molecule has 116 valence electrons. The number of pyridine rings is 1. The van der Waals surface area contributed by atoms with Crippen molar-refractivity contribution in [2.75, 3.05) is 7.11 Å². The van der Waals surface area contributed by atoms with Gasteiger partial charge in [0.25, 0.3) is 0 Å². The summed E-state index contributed by atoms with van der Waals surface area (Å²) in [7, 11) is 1.60. The van der Waals surface area contributed by atoms with Gasteiger partial charge in [0.2, 0.25) is 0 Å². The van der Waals surface area contributed by atoms with Crippen molar-refractivity contribution in [3.8, 4) is 5.75 Å². The number of aliphatic hydroxyl groups is 1. The van der Waals surface area contributed by atoms with E-state index in [1.165, 1.54) is 0 Å². The lowest BCUT2D eigenvalue weighted by molar-refractivity contribution is 0.0236. The molecule has 1 fully saturated rings. The average molecular weight is 338 g/mol. The van der Waals surface area contributed by atoms with Crippen LogP contribution in [0.2, 0.25) is 10.0 Å². The van der Waals surface area contributed by atoms with E-state index in [1.54, 1.807) is 31.5 Å². The maximum absolute atomic E-state index is 10.9. The summed E-state index contributed by atoms with van der Waals surface area (Å²) >= 11 is 12.2. The van der Waals surface area contributed by atoms with Crippen LogP contribution in [0.25, 0.3) is 0 Å². The fraction of sp³-hybridized carbons (Fsp3) is 0.353. The van der Waals surface area contributed by atoms with E-state index in [4.69, 9.17) is 27.9 Å². The van der Waals surface area contributed by atoms with Gasteiger partial charge in [-0.05, 0) is 36.6 Å². The van der Waals surface area contributed by atoms with Crippen LogP contribution in [0.3, 0.4) is 0 Å². The predicted octanol–water partition coefficient (Wildman–Crippen LogP) is 4.55. The number of benzene rings is 1. The first-order chi connectivity index (χ1) is 10.6. The molecular weight excluding hydrogens is 321 g/mol. The van der Waals surface area contributed by atoms with E-state index < -0.39 is 6.10 Å². The number of methoxy groups -OCH3 is 1. The summed E-state index contributed by atoms with van der Waals surface area (Å²) in [6.45, 7) is 0. The molecule has 3 rings (SSSR count). The normalized spacial score (nSPS) is 17.6. The molecule has 1 heterocycles. The maximum Gasteiger partial charge on any atom is 0.122 e. The molecule has 1 N–H and O–H groups in total. The summed E-state index contributed by atoms with van der Waals surface area (Å²) in [4.78, 5) is 4.31. The zero-order chi connectivity index (χ0) is 15.7. The van der Waals surface area contributed by atoms with Crippen LogP contribution in [0.5, 0.6) is 5.75 Å². The Labute approximate surface area is 139 Å². The molecule has 22 heavy (non-hydrogen) atoms. The van der Waals surface area contributed by atoms with Gasteiger partial charge < -0.3 is 9.84 Å². The Kier molecular flexibility index (Phi) is 4.31. The van der Waals surface area contributed by atoms with Crippen molar-refractivity contribution in [3.63, 3.8) is 0 Å². The molecule has 1 aliphatic carbocycles. The summed E-state index contributed by atoms with van der Waals surface area (Å²) in [6.07, 6.45) is 3.81. The van der Waals surface area contributed by atoms with E-state index in [0.717, 1.165) is 24.8 Å². The van der Waals surface area contributed by atoms with E-state index in [9.17, 15) is 5.11 Å². The van der Waals surface area contributed by atoms with Crippen LogP contribution < -0.4 is 4.74 Å². The van der Waals surface area contributed by atoms with E-state index in [1.807, 2.05) is 12.1 Å². The fourth-order valence-electron chi connectivity index (χ4n) is 3.07. The van der Waals surface area contributed by atoms with Crippen molar-refractivity contribution in [2.45, 2.75) is 30.8 Å². The summed E-state index contributed by atoms with van der Waals surface area (Å²) < 4.78 is 5.22. The number of hydrogen-bond acceptors (Lipinski definition) is 3. The van der Waals surface area contributed by atoms with Gasteiger partial charge in [0.15, 0.2) is 0 Å². The predicted molar refractivity (Wildman–Crippen MR) is 87.7 cm³/mol. The number of aromatic nitrogens is 1. The van der Waals surface area contributed by atoms with Crippen molar-refractivity contribution >= 4 is 23.2 Å². The van der Waals surface area contributed by atoms with Gasteiger partial charge in [-0.15, -0.1) is 0 Å². The van der Waals surface area contributed by atoms with Crippen molar-refractivity contribution in [1.82, 2.24) is 4.98 Å². The molecule has 1 unspecified atom stereocenters. The summed E-state index contributed by atoms with van der Waals surface area (Å²) in [6, 6.07) is 9.12. The van der Waals surface area contributed by atoms with Crippen molar-refractivity contribution < 1.29 is 9.84 Å². The van der Waals surface area contributed by atoms with E-state index in [2.05, 4.69) is 4.98 Å². The van der Waals surface area contributed by atoms with Crippen LogP contribution in [0.4, 0.5) is 0 Å². The second-order valence-electron chi connectivity index (χ2n) is 5.66. The van der Waals surface area contributed by atoms with Gasteiger partial charge in [0, 0.05) is 17.7 Å². The Hall–Kier alpha value is -1.29. The third-order valence-electron chi connectivity index (χ3n) is 4.53. The summed E-state index contributed by atoms with van der Waals surface area (Å²) in [5, 5.41) is 12.0. The Balaban J connectivity index is 1.99. The van der Waals surface area contributed by atoms with Crippen molar-refractivity contribution in [1.29, 1.82) is 0 Å². The van der Waals surface area contributed by atoms with Gasteiger partial charge in [0.05, 0.1) is 22.8 Å². The van der Waals surface area contributed by atoms with Crippen LogP contribution in [-0.4, -0.2) is 17.2 Å². The van der Waals surface area contributed by atoms with E-state index in [0.29, 0.717) is 21.5 Å². The highest BCUT2D eigenvalue weighted by Crippen LogP contribution is 2.52. The molecular formula is C17H17Cl2NO2. The molecule has 0 radical (unpaired) electrons. The number of halogens is 2. The van der Waals surface area contributed by atoms with E-state index in [-0.39, 0.29) is 5.41 Å². The largest absolute Gasteiger partial charge is 0.497 e. The van der Waals surface area contributed by atoms with Gasteiger partial charge >= 0.3 is 0 Å². The Morgan fingerprint density at radius 2 is 1.95 bits per heavy atom. The average Bonchev–Trinajstić information content (AvgIpc) is 2.49. The van der Waals surface area contributed by atoms with Crippen LogP contribution in [0.1, 0.15) is 36.6 Å². The molecule has 1 aromatic heterocycles. The zero-order valence-corrected chi connectivity index (χ0v) is 13.7. The first-order valence-electron chi connectivity index (χ1n) is 7.20. The number of hydrogen-bond donors (Lipinski definition) is 1. The molecule has 1 aliphatic rings. The third kappa shape index (κ3) is 2.58. The van der Waals surface area contributed by atoms with Gasteiger partial charge in [-0.25, -0.2) is 0 Å². The lowest BCUT2D eigenvalue weighted by atomic mass is 9.60. The molecule has 1 atom stereocenters. The first kappa shape index (κ1) is 15.6. The maximum atomic E-state index is 10.9. The van der Waals surface area contributed by atoms with E-state index >= 15 is 0 Å². The van der Waals surface area contributed by atoms with Gasteiger partial charge in [0.1, 0.15) is 11.9 Å². The minimum absolute atomic E-state index is 0.354. The third-order valence-corrected chi connectivity index (χ3v) is 5.27. The van der Waals surface area contributed by atoms with Crippen LogP contribution in [0, 0.1) is 0 Å². The molecule has 0 spiro atoms. The second kappa shape index (κ2) is 6.07. The number of nitrogens with zero attached hydrogens (tertiary/aromatic N) is 1. The Morgan fingerprint density at radius 3 is 2.55 bits per heavy atom. The first-order valence-corrected chi connectivity index (χ1v) is 7.96. The molecule has 0 saturated heterocycles. The topological polar surface area (TPSA) is 42.4 Å². The highest BCUT2D eigenvalue weighted by atomic mass is 35.5. The summed E-state index contributed by atoms with van der Waals surface area (Å²) in [5.41, 5.74) is 1.27. The van der Waals surface area contributed by atoms with Crippen LogP contribution in [0.15, 0.2) is 36.5 Å². The highest BCUT2D eigenvalue weighted by molar-refractivity contribution is 6.42. The quantitative estimate of drug-likeness (QED) is 0.889. The molecule has 3 nitrogen and oxygen atoms in total. The van der Waals surface area contributed by atoms with Crippen LogP contribution in [-0.2, 0) is 5.41 Å². The Bertz CT molecular complexity index is 686. The minimum atomic E-state index is -0.700. The molecule has 1 aromatic carbocycles. The number of ether oxygens (including phenoxy) is 1. The molecule has 2 aromatic rings. The molecule has 0 amide bonds. The SMILES string of the molecule is COc1ccnc(C(O)C2(c3ccc(Cl)c(Cl)c3)CCC2)c1. The standard InChI is InChI=1S/C17H17Cl2NO2/c1-22-12-5-8-20-15(10-12)16(21)17(6-2-7-17)11-3-4-13(18)14(19)9-11/h3-5,8-10,16,21H,2,6-7H2,1H3. The zero-order valence-electron chi connectivity index (χ0n) is 12.2. The lowest BCUT2D eigenvalue weighted by Gasteiger charge is -2.46. The molecule has 0 bridgehead atoms. The number of rotatable bonds is 4. The smallest absolute Gasteiger partial charge is 0.122 e. The van der Waals surface area contributed by atoms with Crippen LogP contribution >= 0.6 is 23.2 Å². The minimum Gasteiger partial charge on any atom is -0.497 e. The second-order valence-corrected chi connectivity index (χ2v) is 6.48. The van der Waals surface area contributed by atoms with Crippen molar-refractivity contribution in [3.05, 3.63) is 57.8 Å². The van der Waals surface area contributed by atoms with Gasteiger partial charge in [-0.3, -0.25) is 4.98 Å². The van der Waals surface area contributed by atoms with Gasteiger partial charge in [-0.2, -0.15) is 0 Å². The molecule has 0 aliphatic heterocycles. The number of aliphatic hydroxyl groups excluding tert-OH is 1. The molecule has 5 heteroatoms. The monoisotopic (exact) mass is 337 g/mol. The lowest BCUT2D eigenvalue weighted by Crippen LogP contribution is -2.40. The summed E-state index contributed by atoms with van der Waals surface area (Å²) in [5.74, 6) is 0.688. The van der Waals surface area contributed by atoms with Crippen molar-refractivity contribution in [2.24, 2.45) is 0 Å². The van der Waals surface area contributed by atoms with Gasteiger partial charge in [-0.1, -0.05) is 35.7 Å².